The Bertz CT molecular complexity index is 712. The Hall–Kier alpha value is -1.67. The molecule has 2 heterocycles. The number of carbonyl (C=O) groups excluding carboxylic acids is 1. The van der Waals surface area contributed by atoms with Gasteiger partial charge in [0.1, 0.15) is 9.86 Å². The predicted octanol–water partition coefficient (Wildman–Crippen LogP) is 2.66. The molecule has 0 saturated carbocycles. The smallest absolute Gasteiger partial charge is 0.376 e. The first-order valence-corrected chi connectivity index (χ1v) is 8.03. The summed E-state index contributed by atoms with van der Waals surface area (Å²) in [6.07, 6.45) is 0. The third-order valence-corrected chi connectivity index (χ3v) is 4.85. The van der Waals surface area contributed by atoms with Crippen LogP contribution in [0.25, 0.3) is 10.2 Å². The van der Waals surface area contributed by atoms with E-state index in [1.54, 1.807) is 6.92 Å². The van der Waals surface area contributed by atoms with Crippen molar-refractivity contribution in [3.63, 3.8) is 0 Å². The molecule has 0 aromatic carbocycles. The molecular formula is C13H14N2O4S2. The second-order valence-corrected chi connectivity index (χ2v) is 6.39. The van der Waals surface area contributed by atoms with E-state index in [9.17, 15) is 9.59 Å². The molecular weight excluding hydrogens is 312 g/mol. The van der Waals surface area contributed by atoms with Crippen LogP contribution < -0.4 is 0 Å². The van der Waals surface area contributed by atoms with Crippen molar-refractivity contribution < 1.29 is 19.4 Å². The number of ether oxygens (including phenoxy) is 1. The highest BCUT2D eigenvalue weighted by molar-refractivity contribution is 8.00. The highest BCUT2D eigenvalue weighted by atomic mass is 32.2. The number of carbonyl (C=O) groups is 2. The lowest BCUT2D eigenvalue weighted by Gasteiger charge is -2.05. The Balaban J connectivity index is 2.54. The summed E-state index contributed by atoms with van der Waals surface area (Å²) in [6.45, 7) is 5.83. The number of thiophene rings is 1. The van der Waals surface area contributed by atoms with Gasteiger partial charge >= 0.3 is 11.9 Å². The first-order chi connectivity index (χ1) is 9.93. The first-order valence-electron chi connectivity index (χ1n) is 6.23. The monoisotopic (exact) mass is 326 g/mol. The average Bonchev–Trinajstić information content (AvgIpc) is 2.71. The molecule has 0 amide bonds. The molecule has 0 aliphatic heterocycles. The number of carboxylic acids is 1. The number of hydrogen-bond acceptors (Lipinski definition) is 7. The van der Waals surface area contributed by atoms with E-state index in [2.05, 4.69) is 9.97 Å². The van der Waals surface area contributed by atoms with Crippen molar-refractivity contribution in [2.24, 2.45) is 0 Å². The second kappa shape index (κ2) is 6.40. The number of nitrogens with zero attached hydrogens (tertiary/aromatic N) is 2. The van der Waals surface area contributed by atoms with Gasteiger partial charge in [0, 0.05) is 10.3 Å². The van der Waals surface area contributed by atoms with Crippen LogP contribution >= 0.6 is 23.1 Å². The number of fused-ring (bicyclic) bond motifs is 1. The molecule has 6 nitrogen and oxygen atoms in total. The standard InChI is InChI=1S/C13H14N2O4S2/c1-4-19-13(18)10-14-11(20-5-8(16)17)9-6(2)7(3)21-12(9)15-10/h4-5H2,1-3H3,(H,16,17). The summed E-state index contributed by atoms with van der Waals surface area (Å²) >= 11 is 2.54. The summed E-state index contributed by atoms with van der Waals surface area (Å²) in [6, 6.07) is 0. The van der Waals surface area contributed by atoms with Gasteiger partial charge in [0.2, 0.25) is 5.82 Å². The molecule has 112 valence electrons. The van der Waals surface area contributed by atoms with Gasteiger partial charge in [0.05, 0.1) is 12.4 Å². The highest BCUT2D eigenvalue weighted by Gasteiger charge is 2.19. The summed E-state index contributed by atoms with van der Waals surface area (Å²) in [5.74, 6) is -1.68. The minimum atomic E-state index is -0.936. The Morgan fingerprint density at radius 1 is 1.33 bits per heavy atom. The number of aromatic nitrogens is 2. The lowest BCUT2D eigenvalue weighted by molar-refractivity contribution is -0.133. The Labute approximate surface area is 129 Å². The summed E-state index contributed by atoms with van der Waals surface area (Å²) in [5.41, 5.74) is 1.01. The maximum absolute atomic E-state index is 11.8. The molecule has 2 aromatic rings. The lowest BCUT2D eigenvalue weighted by atomic mass is 10.2. The van der Waals surface area contributed by atoms with Crippen LogP contribution in [0.5, 0.6) is 0 Å². The summed E-state index contributed by atoms with van der Waals surface area (Å²) in [4.78, 5) is 32.7. The molecule has 2 aromatic heterocycles. The summed E-state index contributed by atoms with van der Waals surface area (Å²) in [7, 11) is 0. The molecule has 1 N–H and O–H groups in total. The van der Waals surface area contributed by atoms with Crippen LogP contribution in [-0.2, 0) is 9.53 Å². The van der Waals surface area contributed by atoms with Crippen LogP contribution in [0, 0.1) is 13.8 Å². The summed E-state index contributed by atoms with van der Waals surface area (Å²) in [5, 5.41) is 10.2. The lowest BCUT2D eigenvalue weighted by Crippen LogP contribution is -2.10. The van der Waals surface area contributed by atoms with Gasteiger partial charge < -0.3 is 9.84 Å². The number of carboxylic acid groups (broad SMARTS) is 1. The van der Waals surface area contributed by atoms with Gasteiger partial charge in [-0.15, -0.1) is 11.3 Å². The van der Waals surface area contributed by atoms with Crippen LogP contribution in [0.3, 0.4) is 0 Å². The zero-order valence-electron chi connectivity index (χ0n) is 11.8. The SMILES string of the molecule is CCOC(=O)c1nc(SCC(=O)O)c2c(C)c(C)sc2n1. The van der Waals surface area contributed by atoms with Crippen molar-refractivity contribution in [3.8, 4) is 0 Å². The molecule has 0 saturated heterocycles. The van der Waals surface area contributed by atoms with Crippen LogP contribution in [0.4, 0.5) is 0 Å². The molecule has 0 aliphatic rings. The van der Waals surface area contributed by atoms with Gasteiger partial charge in [0.15, 0.2) is 0 Å². The Kier molecular flexibility index (Phi) is 4.79. The molecule has 2 rings (SSSR count). The normalized spacial score (nSPS) is 10.8. The fourth-order valence-corrected chi connectivity index (χ4v) is 3.63. The van der Waals surface area contributed by atoms with E-state index >= 15 is 0 Å². The quantitative estimate of drug-likeness (QED) is 0.513. The van der Waals surface area contributed by atoms with Crippen molar-refractivity contribution in [3.05, 3.63) is 16.3 Å². The number of esters is 1. The fourth-order valence-electron chi connectivity index (χ4n) is 1.73. The number of thioether (sulfide) groups is 1. The van der Waals surface area contributed by atoms with Crippen molar-refractivity contribution >= 4 is 45.3 Å². The number of aryl methyl sites for hydroxylation is 2. The summed E-state index contributed by atoms with van der Waals surface area (Å²) < 4.78 is 4.91. The van der Waals surface area contributed by atoms with E-state index in [1.165, 1.54) is 11.3 Å². The third kappa shape index (κ3) is 3.33. The Morgan fingerprint density at radius 3 is 2.67 bits per heavy atom. The van der Waals surface area contributed by atoms with Gasteiger partial charge in [-0.2, -0.15) is 0 Å². The molecule has 0 atom stereocenters. The molecule has 21 heavy (non-hydrogen) atoms. The molecule has 0 unspecified atom stereocenters. The molecule has 0 spiro atoms. The maximum Gasteiger partial charge on any atom is 0.376 e. The Morgan fingerprint density at radius 2 is 2.05 bits per heavy atom. The topological polar surface area (TPSA) is 89.4 Å². The zero-order chi connectivity index (χ0) is 15.6. The number of rotatable bonds is 5. The van der Waals surface area contributed by atoms with E-state index in [0.29, 0.717) is 9.86 Å². The van der Waals surface area contributed by atoms with Crippen LogP contribution in [-0.4, -0.2) is 39.4 Å². The van der Waals surface area contributed by atoms with Gasteiger partial charge in [-0.1, -0.05) is 11.8 Å². The van der Waals surface area contributed by atoms with Crippen LogP contribution in [0.15, 0.2) is 5.03 Å². The highest BCUT2D eigenvalue weighted by Crippen LogP contribution is 2.35. The predicted molar refractivity (Wildman–Crippen MR) is 81.2 cm³/mol. The number of aliphatic carboxylic acids is 1. The first kappa shape index (κ1) is 15.7. The largest absolute Gasteiger partial charge is 0.481 e. The average molecular weight is 326 g/mol. The fraction of sp³-hybridized carbons (Fsp3) is 0.385. The van der Waals surface area contributed by atoms with E-state index in [1.807, 2.05) is 13.8 Å². The van der Waals surface area contributed by atoms with Gasteiger partial charge in [-0.05, 0) is 26.3 Å². The van der Waals surface area contributed by atoms with E-state index in [-0.39, 0.29) is 18.2 Å². The minimum Gasteiger partial charge on any atom is -0.481 e. The van der Waals surface area contributed by atoms with E-state index < -0.39 is 11.9 Å². The second-order valence-electron chi connectivity index (χ2n) is 4.22. The molecule has 0 aliphatic carbocycles. The van der Waals surface area contributed by atoms with E-state index in [0.717, 1.165) is 27.6 Å². The van der Waals surface area contributed by atoms with E-state index in [4.69, 9.17) is 9.84 Å². The van der Waals surface area contributed by atoms with Gasteiger partial charge in [0.25, 0.3) is 0 Å². The van der Waals surface area contributed by atoms with Crippen LogP contribution in [0.1, 0.15) is 28.0 Å². The third-order valence-electron chi connectivity index (χ3n) is 2.79. The number of hydrogen-bond donors (Lipinski definition) is 1. The molecule has 0 radical (unpaired) electrons. The zero-order valence-corrected chi connectivity index (χ0v) is 13.4. The molecule has 8 heteroatoms. The van der Waals surface area contributed by atoms with Crippen molar-refractivity contribution in [2.75, 3.05) is 12.4 Å². The molecule has 0 fully saturated rings. The van der Waals surface area contributed by atoms with Crippen molar-refractivity contribution in [1.29, 1.82) is 0 Å². The minimum absolute atomic E-state index is 0.0292. The van der Waals surface area contributed by atoms with Crippen molar-refractivity contribution in [1.82, 2.24) is 9.97 Å². The van der Waals surface area contributed by atoms with Gasteiger partial charge in [-0.3, -0.25) is 4.79 Å². The van der Waals surface area contributed by atoms with Crippen molar-refractivity contribution in [2.45, 2.75) is 25.8 Å². The van der Waals surface area contributed by atoms with Crippen LogP contribution in [0.2, 0.25) is 0 Å². The maximum atomic E-state index is 11.8. The molecule has 0 bridgehead atoms. The van der Waals surface area contributed by atoms with Gasteiger partial charge in [-0.25, -0.2) is 14.8 Å².